The molecule has 2 aliphatic rings. The van der Waals surface area contributed by atoms with Gasteiger partial charge >= 0.3 is 0 Å². The molecule has 14 heteroatoms. The second-order valence-electron chi connectivity index (χ2n) is 8.53. The van der Waals surface area contributed by atoms with Crippen molar-refractivity contribution in [2.24, 2.45) is 5.73 Å². The molecular formula is C25H34N4O10. The summed E-state index contributed by atoms with van der Waals surface area (Å²) in [5.74, 6) is -2.57. The van der Waals surface area contributed by atoms with Crippen LogP contribution in [0.2, 0.25) is 0 Å². The van der Waals surface area contributed by atoms with Crippen molar-refractivity contribution >= 4 is 29.5 Å². The second kappa shape index (κ2) is 15.9. The van der Waals surface area contributed by atoms with Crippen LogP contribution in [0.3, 0.4) is 0 Å². The Balaban J connectivity index is 1.27. The Bertz CT molecular complexity index is 1030. The molecule has 2 aliphatic heterocycles. The van der Waals surface area contributed by atoms with Crippen LogP contribution >= 0.6 is 0 Å². The van der Waals surface area contributed by atoms with Gasteiger partial charge in [-0.15, -0.1) is 0 Å². The van der Waals surface area contributed by atoms with Crippen molar-refractivity contribution in [3.63, 3.8) is 0 Å². The van der Waals surface area contributed by atoms with Gasteiger partial charge in [0.2, 0.25) is 11.8 Å². The normalized spacial score (nSPS) is 16.8. The molecular weight excluding hydrogens is 516 g/mol. The largest absolute Gasteiger partial charge is 0.484 e. The van der Waals surface area contributed by atoms with Crippen LogP contribution in [-0.2, 0) is 33.3 Å². The van der Waals surface area contributed by atoms with E-state index in [4.69, 9.17) is 29.4 Å². The lowest BCUT2D eigenvalue weighted by Gasteiger charge is -2.27. The van der Waals surface area contributed by atoms with E-state index in [1.165, 1.54) is 18.2 Å². The average molecular weight is 551 g/mol. The first-order chi connectivity index (χ1) is 18.9. The number of hydrogen-bond acceptors (Lipinski definition) is 11. The van der Waals surface area contributed by atoms with Crippen molar-refractivity contribution < 1.29 is 47.7 Å². The Labute approximate surface area is 225 Å². The molecule has 0 aromatic heterocycles. The number of nitrogens with zero attached hydrogens (tertiary/aromatic N) is 1. The minimum Gasteiger partial charge on any atom is -0.484 e. The minimum atomic E-state index is -1.05. The van der Waals surface area contributed by atoms with Gasteiger partial charge in [-0.05, 0) is 24.6 Å². The number of benzene rings is 1. The zero-order valence-electron chi connectivity index (χ0n) is 21.6. The molecule has 5 amide bonds. The van der Waals surface area contributed by atoms with Crippen LogP contribution in [0.5, 0.6) is 5.75 Å². The summed E-state index contributed by atoms with van der Waals surface area (Å²) in [4.78, 5) is 62.0. The van der Waals surface area contributed by atoms with Gasteiger partial charge in [0.05, 0.1) is 64.0 Å². The van der Waals surface area contributed by atoms with Gasteiger partial charge in [-0.2, -0.15) is 0 Å². The fourth-order valence-electron chi connectivity index (χ4n) is 3.85. The maximum atomic E-state index is 12.9. The summed E-state index contributed by atoms with van der Waals surface area (Å²) in [6.07, 6.45) is 0.104. The molecule has 2 heterocycles. The van der Waals surface area contributed by atoms with E-state index in [-0.39, 0.29) is 49.5 Å². The van der Waals surface area contributed by atoms with E-state index in [9.17, 15) is 24.0 Å². The molecule has 1 fully saturated rings. The maximum absolute atomic E-state index is 12.9. The molecule has 39 heavy (non-hydrogen) atoms. The van der Waals surface area contributed by atoms with Gasteiger partial charge in [-0.25, -0.2) is 0 Å². The Morgan fingerprint density at radius 1 is 0.897 bits per heavy atom. The highest BCUT2D eigenvalue weighted by Gasteiger charge is 2.44. The van der Waals surface area contributed by atoms with Crippen LogP contribution < -0.4 is 21.1 Å². The van der Waals surface area contributed by atoms with E-state index >= 15 is 0 Å². The highest BCUT2D eigenvalue weighted by atomic mass is 16.6. The molecule has 1 aromatic rings. The third kappa shape index (κ3) is 9.07. The van der Waals surface area contributed by atoms with Crippen LogP contribution in [0.25, 0.3) is 0 Å². The standard InChI is InChI=1S/C25H34N4O10/c26-5-7-35-9-11-37-13-14-38-12-10-36-8-6-27-22(31)16-39-17-1-2-18-19(15-17)25(34)29(24(18)33)20-3-4-21(30)28-23(20)32/h1-2,15,20H,3-14,16,26H2,(H,27,31)(H,28,30,32). The predicted octanol–water partition coefficient (Wildman–Crippen LogP) is -1.39. The Hall–Kier alpha value is -3.43. The van der Waals surface area contributed by atoms with E-state index in [1.807, 2.05) is 0 Å². The molecule has 1 saturated heterocycles. The number of piperidine rings is 1. The van der Waals surface area contributed by atoms with Crippen LogP contribution in [0.1, 0.15) is 33.6 Å². The summed E-state index contributed by atoms with van der Waals surface area (Å²) in [6, 6.07) is 3.19. The van der Waals surface area contributed by atoms with Gasteiger partial charge in [0.1, 0.15) is 11.8 Å². The monoisotopic (exact) mass is 550 g/mol. The number of nitrogens with two attached hydrogens (primary N) is 1. The zero-order valence-corrected chi connectivity index (χ0v) is 21.6. The maximum Gasteiger partial charge on any atom is 0.262 e. The van der Waals surface area contributed by atoms with E-state index in [0.717, 1.165) is 4.90 Å². The molecule has 0 aliphatic carbocycles. The van der Waals surface area contributed by atoms with Crippen LogP contribution in [0, 0.1) is 0 Å². The molecule has 3 rings (SSSR count). The van der Waals surface area contributed by atoms with Crippen LogP contribution in [0.4, 0.5) is 0 Å². The van der Waals surface area contributed by atoms with Gasteiger partial charge in [0.25, 0.3) is 17.7 Å². The summed E-state index contributed by atoms with van der Waals surface area (Å²) in [6.45, 7) is 3.88. The summed E-state index contributed by atoms with van der Waals surface area (Å²) in [5.41, 5.74) is 5.51. The topological polar surface area (TPSA) is 185 Å². The molecule has 0 bridgehead atoms. The molecule has 0 saturated carbocycles. The molecule has 4 N–H and O–H groups in total. The average Bonchev–Trinajstić information content (AvgIpc) is 3.16. The molecule has 0 spiro atoms. The number of amides is 5. The highest BCUT2D eigenvalue weighted by Crippen LogP contribution is 2.30. The van der Waals surface area contributed by atoms with E-state index in [1.54, 1.807) is 0 Å². The van der Waals surface area contributed by atoms with E-state index in [2.05, 4.69) is 10.6 Å². The van der Waals surface area contributed by atoms with Gasteiger partial charge < -0.3 is 34.7 Å². The summed E-state index contributed by atoms with van der Waals surface area (Å²) in [5, 5.41) is 4.79. The number of ether oxygens (including phenoxy) is 5. The number of imide groups is 2. The van der Waals surface area contributed by atoms with Crippen molar-refractivity contribution in [3.05, 3.63) is 29.3 Å². The van der Waals surface area contributed by atoms with Crippen LogP contribution in [0.15, 0.2) is 18.2 Å². The summed E-state index contributed by atoms with van der Waals surface area (Å²) < 4.78 is 26.7. The van der Waals surface area contributed by atoms with Crippen molar-refractivity contribution in [1.29, 1.82) is 0 Å². The number of hydrogen-bond donors (Lipinski definition) is 3. The molecule has 0 radical (unpaired) electrons. The van der Waals surface area contributed by atoms with Gasteiger partial charge in [-0.1, -0.05) is 0 Å². The number of carbonyl (C=O) groups excluding carboxylic acids is 5. The Morgan fingerprint density at radius 2 is 1.51 bits per heavy atom. The van der Waals surface area contributed by atoms with Crippen molar-refractivity contribution in [2.45, 2.75) is 18.9 Å². The Morgan fingerprint density at radius 3 is 2.15 bits per heavy atom. The molecule has 1 unspecified atom stereocenters. The fraction of sp³-hybridized carbons (Fsp3) is 0.560. The summed E-state index contributed by atoms with van der Waals surface area (Å²) >= 11 is 0. The smallest absolute Gasteiger partial charge is 0.262 e. The Kier molecular flexibility index (Phi) is 12.2. The molecule has 214 valence electrons. The first-order valence-electron chi connectivity index (χ1n) is 12.7. The second-order valence-corrected chi connectivity index (χ2v) is 8.53. The third-order valence-corrected chi connectivity index (χ3v) is 5.73. The zero-order chi connectivity index (χ0) is 28.0. The first-order valence-corrected chi connectivity index (χ1v) is 12.7. The third-order valence-electron chi connectivity index (χ3n) is 5.73. The minimum absolute atomic E-state index is 0.0363. The molecule has 1 aromatic carbocycles. The summed E-state index contributed by atoms with van der Waals surface area (Å²) in [7, 11) is 0. The van der Waals surface area contributed by atoms with Gasteiger partial charge in [0.15, 0.2) is 6.61 Å². The number of carbonyl (C=O) groups is 5. The van der Waals surface area contributed by atoms with Crippen LogP contribution in [-0.4, -0.2) is 113 Å². The quantitative estimate of drug-likeness (QED) is 0.144. The van der Waals surface area contributed by atoms with Gasteiger partial charge in [0, 0.05) is 19.5 Å². The lowest BCUT2D eigenvalue weighted by atomic mass is 10.0. The van der Waals surface area contributed by atoms with E-state index < -0.39 is 35.6 Å². The highest BCUT2D eigenvalue weighted by molar-refractivity contribution is 6.23. The van der Waals surface area contributed by atoms with Crippen molar-refractivity contribution in [2.75, 3.05) is 72.6 Å². The predicted molar refractivity (Wildman–Crippen MR) is 134 cm³/mol. The fourth-order valence-corrected chi connectivity index (χ4v) is 3.85. The number of nitrogens with one attached hydrogen (secondary N) is 2. The number of rotatable bonds is 18. The lowest BCUT2D eigenvalue weighted by Crippen LogP contribution is -2.54. The first kappa shape index (κ1) is 30.1. The lowest BCUT2D eigenvalue weighted by molar-refractivity contribution is -0.136. The molecule has 14 nitrogen and oxygen atoms in total. The van der Waals surface area contributed by atoms with Crippen molar-refractivity contribution in [3.8, 4) is 5.75 Å². The SMILES string of the molecule is NCCOCCOCCOCCOCCNC(=O)COc1ccc2c(c1)C(=O)N(C1CCC(=O)NC1=O)C2=O. The van der Waals surface area contributed by atoms with Crippen molar-refractivity contribution in [1.82, 2.24) is 15.5 Å². The van der Waals surface area contributed by atoms with E-state index in [0.29, 0.717) is 52.8 Å². The van der Waals surface area contributed by atoms with Gasteiger partial charge in [-0.3, -0.25) is 34.2 Å². The molecule has 1 atom stereocenters. The number of fused-ring (bicyclic) bond motifs is 1.